The number of hydrogen-bond donors (Lipinski definition) is 0. The van der Waals surface area contributed by atoms with Gasteiger partial charge in [-0.25, -0.2) is 5.06 Å². The highest BCUT2D eigenvalue weighted by atomic mass is 16.7. The molecule has 0 spiro atoms. The van der Waals surface area contributed by atoms with Gasteiger partial charge in [0.1, 0.15) is 5.92 Å². The minimum atomic E-state index is -1.01. The number of Topliss-reactive ketones (excluding diaryl/α,β-unsaturated/α-hetero) is 1. The third kappa shape index (κ3) is 4.76. The van der Waals surface area contributed by atoms with Crippen LogP contribution in [-0.2, 0) is 30.5 Å². The number of hydroxylamine groups is 2. The quantitative estimate of drug-likeness (QED) is 0.378. The molecule has 2 saturated heterocycles. The molecule has 1 unspecified atom stereocenters. The fourth-order valence-corrected chi connectivity index (χ4v) is 3.43. The minimum Gasteiger partial charge on any atom is -0.379 e. The van der Waals surface area contributed by atoms with Crippen LogP contribution in [-0.4, -0.2) is 85.5 Å². The predicted molar refractivity (Wildman–Crippen MR) is 101 cm³/mol. The SMILES string of the molecule is CON(Cc1ccc(C)cc1)C(=O)C1CN(CCN2CCOCC2)C(=O)C1=O. The Labute approximate surface area is 164 Å². The Hall–Kier alpha value is -2.29. The fourth-order valence-electron chi connectivity index (χ4n) is 3.43. The van der Waals surface area contributed by atoms with Crippen LogP contribution in [0.2, 0.25) is 0 Å². The van der Waals surface area contributed by atoms with E-state index >= 15 is 0 Å². The van der Waals surface area contributed by atoms with Gasteiger partial charge in [-0.05, 0) is 12.5 Å². The molecule has 2 aliphatic heterocycles. The van der Waals surface area contributed by atoms with Crippen LogP contribution in [0.5, 0.6) is 0 Å². The van der Waals surface area contributed by atoms with Crippen LogP contribution < -0.4 is 0 Å². The van der Waals surface area contributed by atoms with E-state index in [1.54, 1.807) is 0 Å². The van der Waals surface area contributed by atoms with Crippen molar-refractivity contribution in [3.63, 3.8) is 0 Å². The van der Waals surface area contributed by atoms with Crippen molar-refractivity contribution in [2.45, 2.75) is 13.5 Å². The molecule has 1 aromatic carbocycles. The molecule has 3 rings (SSSR count). The predicted octanol–water partition coefficient (Wildman–Crippen LogP) is 0.245. The van der Waals surface area contributed by atoms with Gasteiger partial charge < -0.3 is 9.64 Å². The molecule has 0 N–H and O–H groups in total. The maximum Gasteiger partial charge on any atom is 0.290 e. The summed E-state index contributed by atoms with van der Waals surface area (Å²) in [6.45, 7) is 6.39. The van der Waals surface area contributed by atoms with E-state index in [-0.39, 0.29) is 13.1 Å². The number of ketones is 1. The topological polar surface area (TPSA) is 79.4 Å². The number of rotatable bonds is 7. The van der Waals surface area contributed by atoms with Gasteiger partial charge in [-0.3, -0.25) is 24.1 Å². The van der Waals surface area contributed by atoms with Gasteiger partial charge in [-0.15, -0.1) is 0 Å². The number of carbonyl (C=O) groups excluding carboxylic acids is 3. The van der Waals surface area contributed by atoms with Gasteiger partial charge in [-0.1, -0.05) is 29.8 Å². The third-order valence-electron chi connectivity index (χ3n) is 5.22. The van der Waals surface area contributed by atoms with Crippen LogP contribution in [0.3, 0.4) is 0 Å². The summed E-state index contributed by atoms with van der Waals surface area (Å²) in [5.74, 6) is -2.73. The van der Waals surface area contributed by atoms with E-state index in [9.17, 15) is 14.4 Å². The molecule has 28 heavy (non-hydrogen) atoms. The smallest absolute Gasteiger partial charge is 0.290 e. The first-order valence-electron chi connectivity index (χ1n) is 9.54. The highest BCUT2D eigenvalue weighted by molar-refractivity contribution is 6.42. The lowest BCUT2D eigenvalue weighted by molar-refractivity contribution is -0.183. The summed E-state index contributed by atoms with van der Waals surface area (Å²) in [6, 6.07) is 7.71. The van der Waals surface area contributed by atoms with Gasteiger partial charge in [0.25, 0.3) is 11.8 Å². The number of nitrogens with zero attached hydrogens (tertiary/aromatic N) is 3. The Kier molecular flexibility index (Phi) is 6.77. The molecule has 0 saturated carbocycles. The second-order valence-corrected chi connectivity index (χ2v) is 7.17. The van der Waals surface area contributed by atoms with E-state index in [1.807, 2.05) is 31.2 Å². The van der Waals surface area contributed by atoms with Crippen molar-refractivity contribution in [3.05, 3.63) is 35.4 Å². The summed E-state index contributed by atoms with van der Waals surface area (Å²) in [4.78, 5) is 46.4. The van der Waals surface area contributed by atoms with E-state index in [1.165, 1.54) is 12.0 Å². The molecular formula is C20H27N3O5. The molecule has 8 heteroatoms. The van der Waals surface area contributed by atoms with Crippen molar-refractivity contribution in [1.29, 1.82) is 0 Å². The van der Waals surface area contributed by atoms with Gasteiger partial charge in [0.05, 0.1) is 26.9 Å². The van der Waals surface area contributed by atoms with Crippen molar-refractivity contribution in [2.75, 3.05) is 53.0 Å². The highest BCUT2D eigenvalue weighted by Gasteiger charge is 2.44. The number of aryl methyl sites for hydroxylation is 1. The van der Waals surface area contributed by atoms with Crippen LogP contribution in [0.1, 0.15) is 11.1 Å². The number of likely N-dealkylation sites (tertiary alicyclic amines) is 1. The molecule has 2 aliphatic rings. The third-order valence-corrected chi connectivity index (χ3v) is 5.22. The molecule has 152 valence electrons. The normalized spacial score (nSPS) is 20.6. The number of carbonyl (C=O) groups is 3. The number of ether oxygens (including phenoxy) is 1. The van der Waals surface area contributed by atoms with Crippen LogP contribution in [0.15, 0.2) is 24.3 Å². The summed E-state index contributed by atoms with van der Waals surface area (Å²) in [7, 11) is 1.39. The molecule has 2 fully saturated rings. The van der Waals surface area contributed by atoms with Crippen molar-refractivity contribution in [1.82, 2.24) is 14.9 Å². The lowest BCUT2D eigenvalue weighted by Gasteiger charge is -2.28. The zero-order valence-electron chi connectivity index (χ0n) is 16.4. The zero-order chi connectivity index (χ0) is 20.1. The second-order valence-electron chi connectivity index (χ2n) is 7.17. The largest absolute Gasteiger partial charge is 0.379 e. The average Bonchev–Trinajstić information content (AvgIpc) is 3.00. The van der Waals surface area contributed by atoms with Crippen LogP contribution in [0, 0.1) is 12.8 Å². The van der Waals surface area contributed by atoms with Crippen LogP contribution >= 0.6 is 0 Å². The molecule has 0 aromatic heterocycles. The molecule has 2 amide bonds. The average molecular weight is 389 g/mol. The minimum absolute atomic E-state index is 0.106. The van der Waals surface area contributed by atoms with E-state index in [0.717, 1.165) is 29.3 Å². The lowest BCUT2D eigenvalue weighted by Crippen LogP contribution is -2.42. The van der Waals surface area contributed by atoms with Gasteiger partial charge >= 0.3 is 0 Å². The van der Waals surface area contributed by atoms with E-state index in [0.29, 0.717) is 26.3 Å². The standard InChI is InChI=1S/C20H27N3O5/c1-15-3-5-16(6-4-15)13-23(27-2)19(25)17-14-22(20(26)18(17)24)8-7-21-9-11-28-12-10-21/h3-6,17H,7-14H2,1-2H3. The van der Waals surface area contributed by atoms with Crippen molar-refractivity contribution >= 4 is 17.6 Å². The highest BCUT2D eigenvalue weighted by Crippen LogP contribution is 2.19. The monoisotopic (exact) mass is 389 g/mol. The molecule has 0 radical (unpaired) electrons. The van der Waals surface area contributed by atoms with E-state index in [2.05, 4.69) is 4.90 Å². The second kappa shape index (κ2) is 9.27. The number of hydrogen-bond acceptors (Lipinski definition) is 6. The Bertz CT molecular complexity index is 715. The zero-order valence-corrected chi connectivity index (χ0v) is 16.4. The molecule has 0 aliphatic carbocycles. The maximum absolute atomic E-state index is 12.8. The van der Waals surface area contributed by atoms with Crippen LogP contribution in [0.25, 0.3) is 0 Å². The number of morpholine rings is 1. The maximum atomic E-state index is 12.8. The van der Waals surface area contributed by atoms with Crippen molar-refractivity contribution in [3.8, 4) is 0 Å². The molecular weight excluding hydrogens is 362 g/mol. The fraction of sp³-hybridized carbons (Fsp3) is 0.550. The summed E-state index contributed by atoms with van der Waals surface area (Å²) < 4.78 is 5.31. The Morgan fingerprint density at radius 1 is 1.18 bits per heavy atom. The van der Waals surface area contributed by atoms with Gasteiger partial charge in [0, 0.05) is 32.7 Å². The van der Waals surface area contributed by atoms with Gasteiger partial charge in [0.2, 0.25) is 5.78 Å². The van der Waals surface area contributed by atoms with E-state index in [4.69, 9.17) is 9.57 Å². The number of benzene rings is 1. The summed E-state index contributed by atoms with van der Waals surface area (Å²) in [5, 5.41) is 1.16. The lowest BCUT2D eigenvalue weighted by atomic mass is 10.1. The summed E-state index contributed by atoms with van der Waals surface area (Å²) in [5.41, 5.74) is 2.01. The number of amides is 2. The Morgan fingerprint density at radius 2 is 1.86 bits per heavy atom. The molecule has 0 bridgehead atoms. The Morgan fingerprint density at radius 3 is 2.50 bits per heavy atom. The van der Waals surface area contributed by atoms with Gasteiger partial charge in [-0.2, -0.15) is 0 Å². The molecule has 2 heterocycles. The molecule has 8 nitrogen and oxygen atoms in total. The first-order chi connectivity index (χ1) is 13.5. The molecule has 1 atom stereocenters. The Balaban J connectivity index is 1.59. The van der Waals surface area contributed by atoms with E-state index < -0.39 is 23.5 Å². The first kappa shape index (κ1) is 20.4. The van der Waals surface area contributed by atoms with Crippen molar-refractivity contribution in [2.24, 2.45) is 5.92 Å². The first-order valence-corrected chi connectivity index (χ1v) is 9.54. The summed E-state index contributed by atoms with van der Waals surface area (Å²) >= 11 is 0. The van der Waals surface area contributed by atoms with Crippen molar-refractivity contribution < 1.29 is 24.0 Å². The van der Waals surface area contributed by atoms with Crippen LogP contribution in [0.4, 0.5) is 0 Å². The summed E-state index contributed by atoms with van der Waals surface area (Å²) in [6.07, 6.45) is 0. The molecule has 1 aromatic rings. The van der Waals surface area contributed by atoms with Gasteiger partial charge in [0.15, 0.2) is 0 Å².